The van der Waals surface area contributed by atoms with Crippen LogP contribution in [0.15, 0.2) is 42.5 Å². The molecule has 6 rings (SSSR count). The Labute approximate surface area is 206 Å². The topological polar surface area (TPSA) is 73.2 Å². The summed E-state index contributed by atoms with van der Waals surface area (Å²) in [5.74, 6) is 0.553. The van der Waals surface area contributed by atoms with E-state index < -0.39 is 17.1 Å². The monoisotopic (exact) mass is 474 g/mol. The molecule has 1 saturated heterocycles. The minimum Gasteiger partial charge on any atom is -0.504 e. The fourth-order valence-electron chi connectivity index (χ4n) is 7.79. The number of piperidine rings is 1. The number of likely N-dealkylation sites (tertiary alicyclic amines) is 1. The van der Waals surface area contributed by atoms with Crippen molar-refractivity contribution in [1.82, 2.24) is 9.80 Å². The number of aromatic hydroxyl groups is 1. The van der Waals surface area contributed by atoms with Crippen LogP contribution in [0, 0.1) is 12.8 Å². The molecule has 6 nitrogen and oxygen atoms in total. The van der Waals surface area contributed by atoms with Crippen molar-refractivity contribution in [3.8, 4) is 11.5 Å². The number of aryl methyl sites for hydroxylation is 1. The normalized spacial score (nSPS) is 35.0. The molecule has 6 heteroatoms. The molecule has 2 aromatic carbocycles. The van der Waals surface area contributed by atoms with E-state index in [9.17, 15) is 15.0 Å². The third kappa shape index (κ3) is 2.93. The molecule has 35 heavy (non-hydrogen) atoms. The third-order valence-electron chi connectivity index (χ3n) is 9.31. The van der Waals surface area contributed by atoms with Crippen molar-refractivity contribution < 1.29 is 19.7 Å². The molecule has 1 saturated carbocycles. The van der Waals surface area contributed by atoms with E-state index in [-0.39, 0.29) is 29.7 Å². The number of hydrogen-bond acceptors (Lipinski definition) is 5. The van der Waals surface area contributed by atoms with Crippen molar-refractivity contribution in [3.05, 3.63) is 64.7 Å². The van der Waals surface area contributed by atoms with E-state index in [1.54, 1.807) is 17.0 Å². The molecule has 2 heterocycles. The van der Waals surface area contributed by atoms with E-state index in [0.29, 0.717) is 12.2 Å². The van der Waals surface area contributed by atoms with Crippen LogP contribution in [0.25, 0.3) is 6.08 Å². The van der Waals surface area contributed by atoms with E-state index in [1.807, 2.05) is 50.4 Å². The molecule has 2 aliphatic heterocycles. The fourth-order valence-corrected chi connectivity index (χ4v) is 7.79. The minimum atomic E-state index is -0.978. The van der Waals surface area contributed by atoms with Gasteiger partial charge >= 0.3 is 0 Å². The molecule has 1 spiro atoms. The molecule has 1 amide bonds. The first kappa shape index (κ1) is 22.6. The number of amides is 1. The highest BCUT2D eigenvalue weighted by Crippen LogP contribution is 2.66. The second-order valence-corrected chi connectivity index (χ2v) is 11.2. The molecule has 2 N–H and O–H groups in total. The molecule has 2 aliphatic carbocycles. The van der Waals surface area contributed by atoms with Crippen molar-refractivity contribution in [2.45, 2.75) is 62.3 Å². The van der Waals surface area contributed by atoms with Crippen molar-refractivity contribution in [1.29, 1.82) is 0 Å². The predicted octanol–water partition coefficient (Wildman–Crippen LogP) is 3.27. The summed E-state index contributed by atoms with van der Waals surface area (Å²) in [4.78, 5) is 17.5. The lowest BCUT2D eigenvalue weighted by Crippen LogP contribution is -2.79. The Balaban J connectivity index is 1.41. The van der Waals surface area contributed by atoms with Crippen LogP contribution in [0.2, 0.25) is 0 Å². The average Bonchev–Trinajstić information content (AvgIpc) is 3.16. The van der Waals surface area contributed by atoms with Crippen LogP contribution in [0.4, 0.5) is 0 Å². The molecular weight excluding hydrogens is 440 g/mol. The van der Waals surface area contributed by atoms with Gasteiger partial charge in [0.25, 0.3) is 0 Å². The zero-order valence-electron chi connectivity index (χ0n) is 20.9. The summed E-state index contributed by atoms with van der Waals surface area (Å²) in [5.41, 5.74) is 2.63. The third-order valence-corrected chi connectivity index (χ3v) is 9.31. The van der Waals surface area contributed by atoms with E-state index in [2.05, 4.69) is 18.9 Å². The molecule has 2 bridgehead atoms. The largest absolute Gasteiger partial charge is 0.504 e. The van der Waals surface area contributed by atoms with Crippen LogP contribution in [-0.4, -0.2) is 70.3 Å². The number of phenolic OH excluding ortho intramolecular Hbond substituents is 1. The molecule has 4 aliphatic rings. The Hall–Kier alpha value is -2.83. The summed E-state index contributed by atoms with van der Waals surface area (Å²) in [5, 5.41) is 23.2. The second-order valence-electron chi connectivity index (χ2n) is 11.2. The van der Waals surface area contributed by atoms with Crippen molar-refractivity contribution >= 4 is 12.0 Å². The molecule has 0 unspecified atom stereocenters. The fraction of sp³-hybridized carbons (Fsp3) is 0.483. The number of hydrogen-bond donors (Lipinski definition) is 2. The Morgan fingerprint density at radius 3 is 2.86 bits per heavy atom. The maximum Gasteiger partial charge on any atom is 0.246 e. The predicted molar refractivity (Wildman–Crippen MR) is 134 cm³/mol. The van der Waals surface area contributed by atoms with Crippen molar-refractivity contribution in [2.75, 3.05) is 20.6 Å². The maximum absolute atomic E-state index is 13.4. The van der Waals surface area contributed by atoms with Gasteiger partial charge in [-0.1, -0.05) is 42.8 Å². The van der Waals surface area contributed by atoms with Crippen LogP contribution in [-0.2, 0) is 16.6 Å². The Morgan fingerprint density at radius 1 is 1.29 bits per heavy atom. The first-order chi connectivity index (χ1) is 16.7. The number of phenols is 1. The van der Waals surface area contributed by atoms with Crippen LogP contribution < -0.4 is 4.74 Å². The van der Waals surface area contributed by atoms with Gasteiger partial charge in [0.05, 0.1) is 17.1 Å². The summed E-state index contributed by atoms with van der Waals surface area (Å²) >= 11 is 0. The number of aliphatic hydroxyl groups is 1. The number of carbonyl (C=O) groups is 1. The van der Waals surface area contributed by atoms with Crippen LogP contribution in [0.5, 0.6) is 11.5 Å². The van der Waals surface area contributed by atoms with Crippen molar-refractivity contribution in [3.63, 3.8) is 0 Å². The molecule has 2 aromatic rings. The van der Waals surface area contributed by atoms with Crippen molar-refractivity contribution in [2.24, 2.45) is 5.92 Å². The number of nitrogens with zero attached hydrogens (tertiary/aromatic N) is 2. The summed E-state index contributed by atoms with van der Waals surface area (Å²) in [6.07, 6.45) is 5.11. The quantitative estimate of drug-likeness (QED) is 0.668. The molecule has 0 radical (unpaired) electrons. The maximum atomic E-state index is 13.4. The molecular formula is C29H34N2O4. The van der Waals surface area contributed by atoms with Gasteiger partial charge in [0.15, 0.2) is 11.5 Å². The summed E-state index contributed by atoms with van der Waals surface area (Å²) in [7, 11) is 3.93. The molecule has 6 atom stereocenters. The SMILES string of the molecule is Cc1cccc(C=CC(=O)N(C)[C@H]2[C@@H](C)C[C@@]3(O)[C@H]4Cc5ccc(O)c6c5[C@@]3(CCN4C)[C@H]2O6)c1. The summed E-state index contributed by atoms with van der Waals surface area (Å²) in [6, 6.07) is 11.5. The van der Waals surface area contributed by atoms with E-state index in [4.69, 9.17) is 4.74 Å². The zero-order valence-corrected chi connectivity index (χ0v) is 20.9. The molecule has 184 valence electrons. The van der Waals surface area contributed by atoms with Gasteiger partial charge in [0.2, 0.25) is 5.91 Å². The van der Waals surface area contributed by atoms with Gasteiger partial charge < -0.3 is 24.7 Å². The summed E-state index contributed by atoms with van der Waals surface area (Å²) in [6.45, 7) is 4.99. The van der Waals surface area contributed by atoms with Crippen LogP contribution >= 0.6 is 0 Å². The minimum absolute atomic E-state index is 0.0176. The lowest BCUT2D eigenvalue weighted by atomic mass is 9.47. The number of likely N-dealkylation sites (N-methyl/N-ethyl adjacent to an activating group) is 2. The highest BCUT2D eigenvalue weighted by molar-refractivity contribution is 5.92. The highest BCUT2D eigenvalue weighted by atomic mass is 16.5. The first-order valence-electron chi connectivity index (χ1n) is 12.6. The average molecular weight is 475 g/mol. The van der Waals surface area contributed by atoms with Gasteiger partial charge in [-0.2, -0.15) is 0 Å². The molecule has 2 fully saturated rings. The van der Waals surface area contributed by atoms with Gasteiger partial charge in [-0.05, 0) is 69.0 Å². The Bertz CT molecular complexity index is 1240. The molecule has 0 aromatic heterocycles. The second kappa shape index (κ2) is 7.58. The van der Waals surface area contributed by atoms with Crippen LogP contribution in [0.1, 0.15) is 42.0 Å². The number of carbonyl (C=O) groups excluding carboxylic acids is 1. The number of ether oxygens (including phenoxy) is 1. The lowest BCUT2D eigenvalue weighted by Gasteiger charge is -2.65. The standard InChI is InChI=1S/C29H34N2O4/c1-17-6-5-7-19(14-17)8-11-23(33)31(4)25-18(2)16-29(34)22-15-20-9-10-21(32)26-24(20)28(29,27(25)35-26)12-13-30(22)3/h5-11,14,18,22,25,27,32,34H,12-13,15-16H2,1-4H3/t18-,22+,25-,27-,28-,29+/m0/s1. The highest BCUT2D eigenvalue weighted by Gasteiger charge is 2.74. The van der Waals surface area contributed by atoms with Gasteiger partial charge in [-0.3, -0.25) is 4.79 Å². The van der Waals surface area contributed by atoms with Gasteiger partial charge in [-0.15, -0.1) is 0 Å². The number of benzene rings is 2. The van der Waals surface area contributed by atoms with Gasteiger partial charge in [-0.25, -0.2) is 0 Å². The van der Waals surface area contributed by atoms with E-state index in [1.165, 1.54) is 0 Å². The zero-order chi connectivity index (χ0) is 24.7. The first-order valence-corrected chi connectivity index (χ1v) is 12.6. The Morgan fingerprint density at radius 2 is 2.09 bits per heavy atom. The van der Waals surface area contributed by atoms with Gasteiger partial charge in [0.1, 0.15) is 6.10 Å². The Kier molecular flexibility index (Phi) is 4.90. The number of rotatable bonds is 3. The van der Waals surface area contributed by atoms with E-state index >= 15 is 0 Å². The van der Waals surface area contributed by atoms with Gasteiger partial charge in [0, 0.05) is 24.7 Å². The lowest BCUT2D eigenvalue weighted by molar-refractivity contribution is -0.208. The summed E-state index contributed by atoms with van der Waals surface area (Å²) < 4.78 is 6.60. The smallest absolute Gasteiger partial charge is 0.246 e. The van der Waals surface area contributed by atoms with E-state index in [0.717, 1.165) is 41.6 Å². The van der Waals surface area contributed by atoms with Crippen LogP contribution in [0.3, 0.4) is 0 Å².